The smallest absolute Gasteiger partial charge is 0.326 e. The average molecular weight is 606 g/mol. The maximum Gasteiger partial charge on any atom is 0.326 e. The number of fused-ring (bicyclic) bond motifs is 1. The van der Waals surface area contributed by atoms with Crippen molar-refractivity contribution in [3.05, 3.63) is 100 Å². The van der Waals surface area contributed by atoms with Gasteiger partial charge in [0.15, 0.2) is 15.6 Å². The fourth-order valence-electron chi connectivity index (χ4n) is 5.31. The van der Waals surface area contributed by atoms with Gasteiger partial charge >= 0.3 is 5.97 Å². The highest BCUT2D eigenvalue weighted by molar-refractivity contribution is 7.90. The number of aliphatic carboxylic acids is 1. The lowest BCUT2D eigenvalue weighted by Crippen LogP contribution is -2.42. The van der Waals surface area contributed by atoms with Crippen LogP contribution in [0, 0.1) is 0 Å². The second-order valence-electron chi connectivity index (χ2n) is 10.2. The quantitative estimate of drug-likeness (QED) is 0.279. The van der Waals surface area contributed by atoms with Crippen molar-refractivity contribution in [1.29, 1.82) is 0 Å². The summed E-state index contributed by atoms with van der Waals surface area (Å²) in [5, 5.41) is 13.8. The van der Waals surface area contributed by atoms with Crippen molar-refractivity contribution in [3.63, 3.8) is 0 Å². The molecule has 2 aromatic heterocycles. The predicted molar refractivity (Wildman–Crippen MR) is 155 cm³/mol. The first-order chi connectivity index (χ1) is 20.0. The number of halogens is 1. The van der Waals surface area contributed by atoms with E-state index in [0.717, 1.165) is 17.2 Å². The fraction of sp³-hybridized carbons (Fsp3) is 0.167. The van der Waals surface area contributed by atoms with E-state index in [1.807, 2.05) is 22.8 Å². The standard InChI is InChI=1S/C30H24ClN3O7S/c1-42(39,40)20-7-4-5-17(11-20)12-23(30(37)38)32-28(35)26-21-9-10-33-16-34(15-19(27(21)33)13-22(26)31)29(36)25-14-18-6-2-3-8-24(18)41-25/h2-11,13-14,23H,12,15-16H2,1H3,(H,32,35)(H,37,38)/t23-/m0/s1. The zero-order valence-electron chi connectivity index (χ0n) is 22.2. The SMILES string of the molecule is CS(=O)(=O)c1cccc(C[C@H](NC(=O)c2c(Cl)cc3c4c2ccn4CN(C(=O)c2cc4ccccc4o2)C3)C(=O)O)c1. The normalized spacial score (nSPS) is 13.8. The predicted octanol–water partition coefficient (Wildman–Crippen LogP) is 4.48. The molecule has 0 radical (unpaired) electrons. The van der Waals surface area contributed by atoms with Crippen molar-refractivity contribution in [2.24, 2.45) is 0 Å². The lowest BCUT2D eigenvalue weighted by molar-refractivity contribution is -0.139. The lowest BCUT2D eigenvalue weighted by Gasteiger charge is -2.29. The molecular formula is C30H24ClN3O7S. The van der Waals surface area contributed by atoms with Crippen molar-refractivity contribution < 1.29 is 32.3 Å². The van der Waals surface area contributed by atoms with Crippen LogP contribution in [-0.4, -0.2) is 53.1 Å². The Balaban J connectivity index is 1.26. The monoisotopic (exact) mass is 605 g/mol. The van der Waals surface area contributed by atoms with Crippen molar-refractivity contribution >= 4 is 61.1 Å². The molecule has 1 aliphatic heterocycles. The summed E-state index contributed by atoms with van der Waals surface area (Å²) in [7, 11) is -3.49. The van der Waals surface area contributed by atoms with E-state index in [1.165, 1.54) is 18.2 Å². The minimum Gasteiger partial charge on any atom is -0.480 e. The van der Waals surface area contributed by atoms with Crippen LogP contribution < -0.4 is 5.32 Å². The highest BCUT2D eigenvalue weighted by Gasteiger charge is 2.30. The molecule has 10 nitrogen and oxygen atoms in total. The van der Waals surface area contributed by atoms with E-state index in [2.05, 4.69) is 5.32 Å². The van der Waals surface area contributed by atoms with Crippen LogP contribution in [0.2, 0.25) is 5.02 Å². The molecule has 5 aromatic rings. The van der Waals surface area contributed by atoms with E-state index in [0.29, 0.717) is 22.0 Å². The van der Waals surface area contributed by atoms with Gasteiger partial charge in [0.1, 0.15) is 11.6 Å². The van der Waals surface area contributed by atoms with Gasteiger partial charge in [0.05, 0.1) is 27.7 Å². The second kappa shape index (κ2) is 10.3. The van der Waals surface area contributed by atoms with E-state index < -0.39 is 27.8 Å². The number of benzene rings is 3. The highest BCUT2D eigenvalue weighted by atomic mass is 35.5. The van der Waals surface area contributed by atoms with Crippen LogP contribution in [0.5, 0.6) is 0 Å². The molecule has 0 saturated carbocycles. The van der Waals surface area contributed by atoms with E-state index in [4.69, 9.17) is 16.0 Å². The van der Waals surface area contributed by atoms with Crippen molar-refractivity contribution in [1.82, 2.24) is 14.8 Å². The summed E-state index contributed by atoms with van der Waals surface area (Å²) in [6, 6.07) is 17.0. The molecule has 1 atom stereocenters. The summed E-state index contributed by atoms with van der Waals surface area (Å²) in [5.74, 6) is -2.04. The maximum atomic E-state index is 13.4. The number of nitrogens with one attached hydrogen (secondary N) is 1. The van der Waals surface area contributed by atoms with Gasteiger partial charge in [-0.25, -0.2) is 13.2 Å². The molecule has 42 heavy (non-hydrogen) atoms. The summed E-state index contributed by atoms with van der Waals surface area (Å²) in [6.07, 6.45) is 2.67. The molecule has 0 fully saturated rings. The highest BCUT2D eigenvalue weighted by Crippen LogP contribution is 2.35. The Morgan fingerprint density at radius 1 is 1.07 bits per heavy atom. The Bertz CT molecular complexity index is 2000. The van der Waals surface area contributed by atoms with Crippen molar-refractivity contribution in [3.8, 4) is 0 Å². The van der Waals surface area contributed by atoms with Gasteiger partial charge < -0.3 is 24.3 Å². The van der Waals surface area contributed by atoms with Gasteiger partial charge in [-0.1, -0.05) is 41.9 Å². The molecule has 2 N–H and O–H groups in total. The number of aromatic nitrogens is 1. The van der Waals surface area contributed by atoms with Crippen LogP contribution >= 0.6 is 11.6 Å². The number of hydrogen-bond acceptors (Lipinski definition) is 6. The van der Waals surface area contributed by atoms with Crippen LogP contribution in [0.1, 0.15) is 32.0 Å². The molecule has 0 saturated heterocycles. The van der Waals surface area contributed by atoms with Gasteiger partial charge in [0.2, 0.25) is 0 Å². The molecule has 214 valence electrons. The van der Waals surface area contributed by atoms with Crippen LogP contribution in [0.3, 0.4) is 0 Å². The Morgan fingerprint density at radius 2 is 1.86 bits per heavy atom. The molecule has 2 amide bonds. The maximum absolute atomic E-state index is 13.4. The molecule has 0 spiro atoms. The lowest BCUT2D eigenvalue weighted by atomic mass is 10.0. The zero-order valence-corrected chi connectivity index (χ0v) is 23.8. The van der Waals surface area contributed by atoms with Gasteiger partial charge in [-0.2, -0.15) is 0 Å². The molecule has 0 bridgehead atoms. The number of rotatable bonds is 7. The third-order valence-corrected chi connectivity index (χ3v) is 8.69. The van der Waals surface area contributed by atoms with Crippen molar-refractivity contribution in [2.75, 3.05) is 6.26 Å². The summed E-state index contributed by atoms with van der Waals surface area (Å²) in [4.78, 5) is 40.5. The van der Waals surface area contributed by atoms with Gasteiger partial charge in [-0.05, 0) is 47.5 Å². The molecular weight excluding hydrogens is 582 g/mol. The van der Waals surface area contributed by atoms with Gasteiger partial charge in [0, 0.05) is 36.2 Å². The van der Waals surface area contributed by atoms with Gasteiger partial charge in [0.25, 0.3) is 11.8 Å². The summed E-state index contributed by atoms with van der Waals surface area (Å²) in [5.41, 5.74) is 2.60. The van der Waals surface area contributed by atoms with Gasteiger partial charge in [-0.3, -0.25) is 9.59 Å². The Kier molecular flexibility index (Phi) is 6.78. The second-order valence-corrected chi connectivity index (χ2v) is 12.6. The van der Waals surface area contributed by atoms with Crippen LogP contribution in [0.25, 0.3) is 21.9 Å². The van der Waals surface area contributed by atoms with Crippen LogP contribution in [0.4, 0.5) is 0 Å². The summed E-state index contributed by atoms with van der Waals surface area (Å²) >= 11 is 6.60. The number of carbonyl (C=O) groups excluding carboxylic acids is 2. The molecule has 6 rings (SSSR count). The molecule has 1 aliphatic rings. The zero-order chi connectivity index (χ0) is 29.8. The number of hydrogen-bond donors (Lipinski definition) is 2. The Hall–Kier alpha value is -4.61. The number of carboxylic acid groups (broad SMARTS) is 1. The number of sulfone groups is 1. The first kappa shape index (κ1) is 27.6. The minimum atomic E-state index is -3.49. The van der Waals surface area contributed by atoms with Crippen LogP contribution in [0.15, 0.2) is 82.2 Å². The Morgan fingerprint density at radius 3 is 2.60 bits per heavy atom. The average Bonchev–Trinajstić information content (AvgIpc) is 3.57. The number of para-hydroxylation sites is 1. The van der Waals surface area contributed by atoms with Gasteiger partial charge in [-0.15, -0.1) is 0 Å². The minimum absolute atomic E-state index is 0.0550. The van der Waals surface area contributed by atoms with Crippen LogP contribution in [-0.2, 0) is 34.3 Å². The number of nitrogens with zero attached hydrogens (tertiary/aromatic N) is 2. The topological polar surface area (TPSA) is 139 Å². The first-order valence-electron chi connectivity index (χ1n) is 12.9. The first-order valence-corrected chi connectivity index (χ1v) is 15.2. The molecule has 3 heterocycles. The Labute approximate surface area is 245 Å². The third kappa shape index (κ3) is 5.01. The summed E-state index contributed by atoms with van der Waals surface area (Å²) < 4.78 is 31.4. The number of amides is 2. The third-order valence-electron chi connectivity index (χ3n) is 7.28. The summed E-state index contributed by atoms with van der Waals surface area (Å²) in [6.45, 7) is 0.440. The van der Waals surface area contributed by atoms with E-state index >= 15 is 0 Å². The van der Waals surface area contributed by atoms with E-state index in [-0.39, 0.29) is 46.8 Å². The molecule has 0 aliphatic carbocycles. The fourth-order valence-corrected chi connectivity index (χ4v) is 6.32. The molecule has 0 unspecified atom stereocenters. The van der Waals surface area contributed by atoms with E-state index in [9.17, 15) is 27.9 Å². The number of carboxylic acids is 1. The number of carbonyl (C=O) groups is 3. The molecule has 12 heteroatoms. The van der Waals surface area contributed by atoms with Crippen molar-refractivity contribution in [2.45, 2.75) is 30.6 Å². The molecule has 3 aromatic carbocycles. The number of furan rings is 1. The van der Waals surface area contributed by atoms with E-state index in [1.54, 1.807) is 41.4 Å². The largest absolute Gasteiger partial charge is 0.480 e.